The molecular weight excluding hydrogens is 661 g/mol. The van der Waals surface area contributed by atoms with E-state index in [-0.39, 0.29) is 37.5 Å². The highest BCUT2D eigenvalue weighted by atomic mass is 16.6. The summed E-state index contributed by atoms with van der Waals surface area (Å²) in [6.45, 7) is 6.57. The van der Waals surface area contributed by atoms with Crippen LogP contribution in [0, 0.1) is 0 Å². The van der Waals surface area contributed by atoms with Crippen LogP contribution in [0.15, 0.2) is 12.2 Å². The summed E-state index contributed by atoms with van der Waals surface area (Å²) in [6.07, 6.45) is 45.0. The second kappa shape index (κ2) is 42.9. The maximum Gasteiger partial charge on any atom is 0.306 e. The molecule has 0 spiro atoms. The summed E-state index contributed by atoms with van der Waals surface area (Å²) >= 11 is 0. The summed E-state index contributed by atoms with van der Waals surface area (Å²) in [7, 11) is 0. The van der Waals surface area contributed by atoms with Crippen LogP contribution in [-0.4, -0.2) is 37.2 Å². The Bertz CT molecular complexity index is 824. The third-order valence-corrected chi connectivity index (χ3v) is 10.3. The van der Waals surface area contributed by atoms with Crippen molar-refractivity contribution in [3.05, 3.63) is 12.2 Å². The molecule has 0 heterocycles. The molecule has 312 valence electrons. The zero-order valence-electron chi connectivity index (χ0n) is 35.6. The van der Waals surface area contributed by atoms with Gasteiger partial charge in [0.15, 0.2) is 6.10 Å². The van der Waals surface area contributed by atoms with Gasteiger partial charge in [0, 0.05) is 19.3 Å². The van der Waals surface area contributed by atoms with Gasteiger partial charge < -0.3 is 14.2 Å². The van der Waals surface area contributed by atoms with Crippen LogP contribution in [0.5, 0.6) is 0 Å². The monoisotopic (exact) mass is 749 g/mol. The van der Waals surface area contributed by atoms with E-state index in [0.29, 0.717) is 19.3 Å². The van der Waals surface area contributed by atoms with Gasteiger partial charge in [-0.1, -0.05) is 213 Å². The second-order valence-electron chi connectivity index (χ2n) is 15.7. The van der Waals surface area contributed by atoms with Crippen molar-refractivity contribution < 1.29 is 28.6 Å². The molecule has 0 aromatic heterocycles. The lowest BCUT2D eigenvalue weighted by atomic mass is 10.0. The molecule has 0 radical (unpaired) electrons. The first-order valence-corrected chi connectivity index (χ1v) is 23.2. The van der Waals surface area contributed by atoms with Gasteiger partial charge in [0.25, 0.3) is 0 Å². The minimum absolute atomic E-state index is 0.0776. The topological polar surface area (TPSA) is 78.9 Å². The van der Waals surface area contributed by atoms with E-state index in [4.69, 9.17) is 14.2 Å². The van der Waals surface area contributed by atoms with E-state index in [9.17, 15) is 14.4 Å². The number of rotatable bonds is 42. The summed E-state index contributed by atoms with van der Waals surface area (Å²) in [5.41, 5.74) is 0. The van der Waals surface area contributed by atoms with Crippen molar-refractivity contribution in [3.8, 4) is 0 Å². The van der Waals surface area contributed by atoms with E-state index < -0.39 is 6.10 Å². The van der Waals surface area contributed by atoms with Gasteiger partial charge in [-0.05, 0) is 32.1 Å². The average molecular weight is 749 g/mol. The van der Waals surface area contributed by atoms with Gasteiger partial charge >= 0.3 is 17.9 Å². The molecule has 0 N–H and O–H groups in total. The molecule has 0 aliphatic heterocycles. The molecule has 0 bridgehead atoms. The SMILES string of the molecule is CCCCCCCCCCCCC/C=C\CCC(=O)OCC(COC(=O)CCCCCCCCC)OC(=O)CCCCCCCCCCCCCCC. The number of hydrogen-bond donors (Lipinski definition) is 0. The highest BCUT2D eigenvalue weighted by Gasteiger charge is 2.19. The number of unbranched alkanes of at least 4 members (excludes halogenated alkanes) is 29. The Labute approximate surface area is 329 Å². The Morgan fingerprint density at radius 3 is 1.06 bits per heavy atom. The number of carbonyl (C=O) groups excluding carboxylic acids is 3. The van der Waals surface area contributed by atoms with Gasteiger partial charge in [-0.2, -0.15) is 0 Å². The van der Waals surface area contributed by atoms with Crippen molar-refractivity contribution >= 4 is 17.9 Å². The van der Waals surface area contributed by atoms with Crippen LogP contribution < -0.4 is 0 Å². The van der Waals surface area contributed by atoms with Crippen LogP contribution in [0.3, 0.4) is 0 Å². The molecule has 0 aromatic rings. The lowest BCUT2D eigenvalue weighted by Crippen LogP contribution is -2.30. The normalized spacial score (nSPS) is 12.0. The number of esters is 3. The van der Waals surface area contributed by atoms with Crippen molar-refractivity contribution in [2.45, 2.75) is 258 Å². The number of ether oxygens (including phenoxy) is 3. The fourth-order valence-electron chi connectivity index (χ4n) is 6.75. The van der Waals surface area contributed by atoms with Gasteiger partial charge in [0.1, 0.15) is 13.2 Å². The van der Waals surface area contributed by atoms with Crippen molar-refractivity contribution in [2.24, 2.45) is 0 Å². The Morgan fingerprint density at radius 2 is 0.660 bits per heavy atom. The number of carbonyl (C=O) groups is 3. The van der Waals surface area contributed by atoms with Gasteiger partial charge in [-0.15, -0.1) is 0 Å². The van der Waals surface area contributed by atoms with Gasteiger partial charge in [-0.3, -0.25) is 14.4 Å². The van der Waals surface area contributed by atoms with Gasteiger partial charge in [0.05, 0.1) is 0 Å². The van der Waals surface area contributed by atoms with E-state index >= 15 is 0 Å². The van der Waals surface area contributed by atoms with Crippen molar-refractivity contribution in [1.29, 1.82) is 0 Å². The van der Waals surface area contributed by atoms with Crippen molar-refractivity contribution in [3.63, 3.8) is 0 Å². The van der Waals surface area contributed by atoms with E-state index in [0.717, 1.165) is 44.9 Å². The summed E-state index contributed by atoms with van der Waals surface area (Å²) in [6, 6.07) is 0. The van der Waals surface area contributed by atoms with Crippen LogP contribution in [0.1, 0.15) is 252 Å². The maximum absolute atomic E-state index is 12.7. The lowest BCUT2D eigenvalue weighted by Gasteiger charge is -2.18. The van der Waals surface area contributed by atoms with Gasteiger partial charge in [-0.25, -0.2) is 0 Å². The predicted octanol–water partition coefficient (Wildman–Crippen LogP) is 14.6. The minimum Gasteiger partial charge on any atom is -0.462 e. The fourth-order valence-corrected chi connectivity index (χ4v) is 6.75. The Kier molecular flexibility index (Phi) is 41.4. The summed E-state index contributed by atoms with van der Waals surface area (Å²) in [5.74, 6) is -0.927. The van der Waals surface area contributed by atoms with Crippen molar-refractivity contribution in [2.75, 3.05) is 13.2 Å². The smallest absolute Gasteiger partial charge is 0.306 e. The zero-order chi connectivity index (χ0) is 38.7. The Balaban J connectivity index is 4.30. The molecule has 1 atom stereocenters. The van der Waals surface area contributed by atoms with E-state index in [1.54, 1.807) is 0 Å². The second-order valence-corrected chi connectivity index (χ2v) is 15.7. The summed E-state index contributed by atoms with van der Waals surface area (Å²) in [5, 5.41) is 0. The number of hydrogen-bond acceptors (Lipinski definition) is 6. The van der Waals surface area contributed by atoms with Crippen LogP contribution in [-0.2, 0) is 28.6 Å². The van der Waals surface area contributed by atoms with Crippen LogP contribution in [0.4, 0.5) is 0 Å². The van der Waals surface area contributed by atoms with Crippen molar-refractivity contribution in [1.82, 2.24) is 0 Å². The Morgan fingerprint density at radius 1 is 0.358 bits per heavy atom. The van der Waals surface area contributed by atoms with E-state index in [1.165, 1.54) is 161 Å². The standard InChI is InChI=1S/C47H88O6/c1-4-7-10-13-16-18-20-22-23-25-26-28-31-34-37-40-46(49)52-43-44(42-51-45(48)39-36-33-30-15-12-9-6-3)53-47(50)41-38-35-32-29-27-24-21-19-17-14-11-8-5-2/h31,34,44H,4-30,32-33,35-43H2,1-3H3/b34-31-. The third kappa shape index (κ3) is 41.2. The van der Waals surface area contributed by atoms with Crippen LogP contribution in [0.25, 0.3) is 0 Å². The maximum atomic E-state index is 12.7. The first kappa shape index (κ1) is 51.1. The lowest BCUT2D eigenvalue weighted by molar-refractivity contribution is -0.166. The Hall–Kier alpha value is -1.85. The first-order chi connectivity index (χ1) is 26.0. The molecule has 6 heteroatoms. The zero-order valence-corrected chi connectivity index (χ0v) is 35.6. The number of allylic oxidation sites excluding steroid dienone is 2. The molecular formula is C47H88O6. The quantitative estimate of drug-likeness (QED) is 0.0268. The molecule has 0 amide bonds. The molecule has 0 saturated heterocycles. The third-order valence-electron chi connectivity index (χ3n) is 10.3. The highest BCUT2D eigenvalue weighted by molar-refractivity contribution is 5.71. The largest absolute Gasteiger partial charge is 0.462 e. The van der Waals surface area contributed by atoms with E-state index in [1.807, 2.05) is 0 Å². The minimum atomic E-state index is -0.775. The highest BCUT2D eigenvalue weighted by Crippen LogP contribution is 2.15. The fraction of sp³-hybridized carbons (Fsp3) is 0.894. The van der Waals surface area contributed by atoms with E-state index in [2.05, 4.69) is 32.9 Å². The molecule has 6 nitrogen and oxygen atoms in total. The van der Waals surface area contributed by atoms with Gasteiger partial charge in [0.2, 0.25) is 0 Å². The molecule has 0 aliphatic rings. The molecule has 0 rings (SSSR count). The van der Waals surface area contributed by atoms with Crippen LogP contribution in [0.2, 0.25) is 0 Å². The molecule has 1 unspecified atom stereocenters. The molecule has 0 saturated carbocycles. The molecule has 0 aromatic carbocycles. The summed E-state index contributed by atoms with van der Waals surface area (Å²) in [4.78, 5) is 37.6. The average Bonchev–Trinajstić information content (AvgIpc) is 3.15. The first-order valence-electron chi connectivity index (χ1n) is 23.2. The molecule has 0 fully saturated rings. The predicted molar refractivity (Wildman–Crippen MR) is 224 cm³/mol. The van der Waals surface area contributed by atoms with Crippen LogP contribution >= 0.6 is 0 Å². The molecule has 53 heavy (non-hydrogen) atoms. The molecule has 0 aliphatic carbocycles. The summed E-state index contributed by atoms with van der Waals surface area (Å²) < 4.78 is 16.6.